The number of piperidine rings is 1. The van der Waals surface area contributed by atoms with Crippen LogP contribution in [0.4, 0.5) is 0 Å². The standard InChI is InChI=1S/C16H22N2O2/c1-11-5-7-12(8-6-11)15-13(16(20)17(2)3)9-10-14(19)18(15)4/h5-8,13,15H,9-10H2,1-4H3/t13-,15+/m1/s1. The first-order chi connectivity index (χ1) is 9.41. The van der Waals surface area contributed by atoms with Crippen molar-refractivity contribution in [3.05, 3.63) is 35.4 Å². The highest BCUT2D eigenvalue weighted by Gasteiger charge is 2.39. The first kappa shape index (κ1) is 14.6. The quantitative estimate of drug-likeness (QED) is 0.827. The molecule has 0 N–H and O–H groups in total. The van der Waals surface area contributed by atoms with E-state index >= 15 is 0 Å². The Bertz CT molecular complexity index is 508. The number of nitrogens with zero attached hydrogens (tertiary/aromatic N) is 2. The number of hydrogen-bond acceptors (Lipinski definition) is 2. The summed E-state index contributed by atoms with van der Waals surface area (Å²) in [7, 11) is 5.33. The number of carbonyl (C=O) groups is 2. The molecule has 4 heteroatoms. The van der Waals surface area contributed by atoms with Crippen molar-refractivity contribution in [1.29, 1.82) is 0 Å². The molecule has 1 aromatic rings. The minimum atomic E-state index is -0.160. The van der Waals surface area contributed by atoms with Crippen LogP contribution in [0.1, 0.15) is 30.0 Å². The second kappa shape index (κ2) is 5.65. The number of carbonyl (C=O) groups excluding carboxylic acids is 2. The van der Waals surface area contributed by atoms with Crippen molar-refractivity contribution in [3.63, 3.8) is 0 Å². The van der Waals surface area contributed by atoms with Gasteiger partial charge in [0.05, 0.1) is 12.0 Å². The van der Waals surface area contributed by atoms with E-state index in [0.717, 1.165) is 5.56 Å². The fourth-order valence-corrected chi connectivity index (χ4v) is 2.85. The lowest BCUT2D eigenvalue weighted by atomic mass is 9.83. The van der Waals surface area contributed by atoms with Gasteiger partial charge in [0, 0.05) is 27.6 Å². The molecule has 1 aliphatic rings. The highest BCUT2D eigenvalue weighted by molar-refractivity contribution is 5.84. The van der Waals surface area contributed by atoms with Gasteiger partial charge in [0.15, 0.2) is 0 Å². The summed E-state index contributed by atoms with van der Waals surface area (Å²) in [5.41, 5.74) is 2.21. The number of hydrogen-bond donors (Lipinski definition) is 0. The highest BCUT2D eigenvalue weighted by atomic mass is 16.2. The smallest absolute Gasteiger partial charge is 0.227 e. The van der Waals surface area contributed by atoms with Crippen molar-refractivity contribution in [2.75, 3.05) is 21.1 Å². The Kier molecular flexibility index (Phi) is 4.12. The third-order valence-corrected chi connectivity index (χ3v) is 4.04. The molecule has 1 heterocycles. The first-order valence-electron chi connectivity index (χ1n) is 6.95. The predicted octanol–water partition coefficient (Wildman–Crippen LogP) is 1.99. The monoisotopic (exact) mass is 274 g/mol. The van der Waals surface area contributed by atoms with E-state index in [-0.39, 0.29) is 23.8 Å². The summed E-state index contributed by atoms with van der Waals surface area (Å²) in [6, 6.07) is 7.93. The molecule has 0 saturated carbocycles. The summed E-state index contributed by atoms with van der Waals surface area (Å²) in [5, 5.41) is 0. The van der Waals surface area contributed by atoms with Crippen LogP contribution >= 0.6 is 0 Å². The van der Waals surface area contributed by atoms with Crippen LogP contribution in [0.2, 0.25) is 0 Å². The lowest BCUT2D eigenvalue weighted by molar-refractivity contribution is -0.145. The van der Waals surface area contributed by atoms with E-state index < -0.39 is 0 Å². The molecular weight excluding hydrogens is 252 g/mol. The zero-order valence-corrected chi connectivity index (χ0v) is 12.6. The number of amides is 2. The molecule has 20 heavy (non-hydrogen) atoms. The lowest BCUT2D eigenvalue weighted by Crippen LogP contribution is -2.46. The molecule has 0 spiro atoms. The van der Waals surface area contributed by atoms with Crippen molar-refractivity contribution in [1.82, 2.24) is 9.80 Å². The Balaban J connectivity index is 2.37. The van der Waals surface area contributed by atoms with Crippen LogP contribution in [0.25, 0.3) is 0 Å². The van der Waals surface area contributed by atoms with Crippen LogP contribution in [0.5, 0.6) is 0 Å². The summed E-state index contributed by atoms with van der Waals surface area (Å²) in [4.78, 5) is 27.7. The Morgan fingerprint density at radius 1 is 1.25 bits per heavy atom. The Hall–Kier alpha value is -1.84. The molecule has 2 amide bonds. The van der Waals surface area contributed by atoms with Crippen molar-refractivity contribution in [3.8, 4) is 0 Å². The minimum absolute atomic E-state index is 0.0925. The van der Waals surface area contributed by atoms with Crippen molar-refractivity contribution >= 4 is 11.8 Å². The molecule has 2 atom stereocenters. The highest BCUT2D eigenvalue weighted by Crippen LogP contribution is 2.36. The molecule has 0 unspecified atom stereocenters. The summed E-state index contributed by atoms with van der Waals surface area (Å²) >= 11 is 0. The van der Waals surface area contributed by atoms with Crippen molar-refractivity contribution in [2.24, 2.45) is 5.92 Å². The zero-order valence-electron chi connectivity index (χ0n) is 12.6. The van der Waals surface area contributed by atoms with E-state index in [0.29, 0.717) is 12.8 Å². The summed E-state index contributed by atoms with van der Waals surface area (Å²) in [5.74, 6) is 0.0451. The first-order valence-corrected chi connectivity index (χ1v) is 6.95. The van der Waals surface area contributed by atoms with Gasteiger partial charge in [-0.15, -0.1) is 0 Å². The van der Waals surface area contributed by atoms with Crippen LogP contribution in [-0.2, 0) is 9.59 Å². The zero-order chi connectivity index (χ0) is 14.9. The fraction of sp³-hybridized carbons (Fsp3) is 0.500. The Labute approximate surface area is 120 Å². The van der Waals surface area contributed by atoms with Gasteiger partial charge < -0.3 is 9.80 Å². The van der Waals surface area contributed by atoms with Gasteiger partial charge in [-0.05, 0) is 18.9 Å². The van der Waals surface area contributed by atoms with Crippen LogP contribution in [-0.4, -0.2) is 42.8 Å². The van der Waals surface area contributed by atoms with E-state index in [1.54, 1.807) is 30.9 Å². The van der Waals surface area contributed by atoms with Gasteiger partial charge in [-0.3, -0.25) is 9.59 Å². The Morgan fingerprint density at radius 2 is 1.85 bits per heavy atom. The maximum Gasteiger partial charge on any atom is 0.227 e. The maximum atomic E-state index is 12.4. The topological polar surface area (TPSA) is 40.6 Å². The molecular formula is C16H22N2O2. The average molecular weight is 274 g/mol. The molecule has 1 saturated heterocycles. The molecule has 0 bridgehead atoms. The van der Waals surface area contributed by atoms with E-state index in [1.165, 1.54) is 5.56 Å². The number of aryl methyl sites for hydroxylation is 1. The van der Waals surface area contributed by atoms with Crippen LogP contribution in [0.15, 0.2) is 24.3 Å². The van der Waals surface area contributed by atoms with E-state index in [4.69, 9.17) is 0 Å². The van der Waals surface area contributed by atoms with Gasteiger partial charge in [-0.25, -0.2) is 0 Å². The SMILES string of the molecule is Cc1ccc([C@H]2[C@H](C(=O)N(C)C)CCC(=O)N2C)cc1. The van der Waals surface area contributed by atoms with Gasteiger partial charge in [0.2, 0.25) is 11.8 Å². The molecule has 1 fully saturated rings. The van der Waals surface area contributed by atoms with Crippen LogP contribution in [0.3, 0.4) is 0 Å². The maximum absolute atomic E-state index is 12.4. The molecule has 0 aromatic heterocycles. The van der Waals surface area contributed by atoms with Crippen molar-refractivity contribution < 1.29 is 9.59 Å². The van der Waals surface area contributed by atoms with Crippen LogP contribution in [0, 0.1) is 12.8 Å². The number of benzene rings is 1. The summed E-state index contributed by atoms with van der Waals surface area (Å²) in [6.45, 7) is 2.03. The van der Waals surface area contributed by atoms with Crippen LogP contribution < -0.4 is 0 Å². The van der Waals surface area contributed by atoms with E-state index in [1.807, 2.05) is 31.2 Å². The van der Waals surface area contributed by atoms with Gasteiger partial charge in [-0.1, -0.05) is 29.8 Å². The Morgan fingerprint density at radius 3 is 2.40 bits per heavy atom. The minimum Gasteiger partial charge on any atom is -0.349 e. The van der Waals surface area contributed by atoms with Gasteiger partial charge in [-0.2, -0.15) is 0 Å². The second-order valence-electron chi connectivity index (χ2n) is 5.74. The second-order valence-corrected chi connectivity index (χ2v) is 5.74. The average Bonchev–Trinajstić information content (AvgIpc) is 2.42. The summed E-state index contributed by atoms with van der Waals surface area (Å²) in [6.07, 6.45) is 1.07. The van der Waals surface area contributed by atoms with Crippen molar-refractivity contribution in [2.45, 2.75) is 25.8 Å². The predicted molar refractivity (Wildman–Crippen MR) is 78.1 cm³/mol. The molecule has 1 aromatic carbocycles. The van der Waals surface area contributed by atoms with E-state index in [2.05, 4.69) is 0 Å². The molecule has 108 valence electrons. The molecule has 4 nitrogen and oxygen atoms in total. The van der Waals surface area contributed by atoms with Gasteiger partial charge >= 0.3 is 0 Å². The third-order valence-electron chi connectivity index (χ3n) is 4.04. The number of likely N-dealkylation sites (tertiary alicyclic amines) is 1. The number of rotatable bonds is 2. The largest absolute Gasteiger partial charge is 0.349 e. The normalized spacial score (nSPS) is 22.8. The third kappa shape index (κ3) is 2.69. The molecule has 2 rings (SSSR count). The van der Waals surface area contributed by atoms with E-state index in [9.17, 15) is 9.59 Å². The molecule has 1 aliphatic heterocycles. The fourth-order valence-electron chi connectivity index (χ4n) is 2.85. The van der Waals surface area contributed by atoms with Gasteiger partial charge in [0.25, 0.3) is 0 Å². The molecule has 0 aliphatic carbocycles. The lowest BCUT2D eigenvalue weighted by Gasteiger charge is -2.39. The van der Waals surface area contributed by atoms with Gasteiger partial charge in [0.1, 0.15) is 0 Å². The summed E-state index contributed by atoms with van der Waals surface area (Å²) < 4.78 is 0. The molecule has 0 radical (unpaired) electrons.